The summed E-state index contributed by atoms with van der Waals surface area (Å²) in [6.45, 7) is 0.288. The van der Waals surface area contributed by atoms with Crippen LogP contribution in [0.15, 0.2) is 28.9 Å². The highest BCUT2D eigenvalue weighted by Crippen LogP contribution is 2.31. The third-order valence-corrected chi connectivity index (χ3v) is 2.38. The van der Waals surface area contributed by atoms with Crippen molar-refractivity contribution in [3.63, 3.8) is 0 Å². The normalized spacial score (nSPS) is 10.4. The van der Waals surface area contributed by atoms with E-state index in [4.69, 9.17) is 38.1 Å². The molecule has 84 valence electrons. The van der Waals surface area contributed by atoms with Crippen LogP contribution >= 0.6 is 23.2 Å². The number of nitrogens with two attached hydrogens (primary N) is 1. The second-order valence-electron chi connectivity index (χ2n) is 2.99. The Bertz CT molecular complexity index is 499. The minimum Gasteiger partial charge on any atom is -0.417 e. The van der Waals surface area contributed by atoms with E-state index in [-0.39, 0.29) is 12.6 Å². The van der Waals surface area contributed by atoms with Gasteiger partial charge in [-0.05, 0) is 12.1 Å². The predicted octanol–water partition coefficient (Wildman–Crippen LogP) is 3.23. The lowest BCUT2D eigenvalue weighted by Gasteiger charge is -2.03. The van der Waals surface area contributed by atoms with Gasteiger partial charge >= 0.3 is 6.08 Å². The van der Waals surface area contributed by atoms with E-state index in [1.165, 1.54) is 6.26 Å². The standard InChI is InChI=1S/C10H8Cl2N2O2/c11-6-1-2-8(12)9(3-6)16-10-14-7(4-13)5-15-10/h1-3,5H,4,13H2. The van der Waals surface area contributed by atoms with Crippen LogP contribution in [0.5, 0.6) is 11.8 Å². The maximum Gasteiger partial charge on any atom is 0.399 e. The largest absolute Gasteiger partial charge is 0.417 e. The van der Waals surface area contributed by atoms with Gasteiger partial charge in [-0.3, -0.25) is 0 Å². The molecule has 0 saturated heterocycles. The molecular weight excluding hydrogens is 251 g/mol. The number of hydrogen-bond acceptors (Lipinski definition) is 4. The highest BCUT2D eigenvalue weighted by atomic mass is 35.5. The Balaban J connectivity index is 2.22. The van der Waals surface area contributed by atoms with Gasteiger partial charge in [0, 0.05) is 17.6 Å². The number of rotatable bonds is 3. The predicted molar refractivity (Wildman–Crippen MR) is 60.9 cm³/mol. The number of ether oxygens (including phenoxy) is 1. The van der Waals surface area contributed by atoms with Crippen LogP contribution in [0.2, 0.25) is 10.0 Å². The molecule has 0 saturated carbocycles. The lowest BCUT2D eigenvalue weighted by Crippen LogP contribution is -1.95. The summed E-state index contributed by atoms with van der Waals surface area (Å²) in [6.07, 6.45) is 1.51. The molecule has 16 heavy (non-hydrogen) atoms. The molecule has 0 radical (unpaired) electrons. The smallest absolute Gasteiger partial charge is 0.399 e. The first-order valence-electron chi connectivity index (χ1n) is 4.46. The quantitative estimate of drug-likeness (QED) is 0.919. The second kappa shape index (κ2) is 4.74. The molecule has 0 spiro atoms. The fraction of sp³-hybridized carbons (Fsp3) is 0.100. The van der Waals surface area contributed by atoms with E-state index in [0.717, 1.165) is 0 Å². The van der Waals surface area contributed by atoms with Gasteiger partial charge in [0.25, 0.3) is 0 Å². The number of halogens is 2. The number of aromatic nitrogens is 1. The molecular formula is C10H8Cl2N2O2. The second-order valence-corrected chi connectivity index (χ2v) is 3.83. The van der Waals surface area contributed by atoms with Crippen molar-refractivity contribution in [2.24, 2.45) is 5.73 Å². The maximum atomic E-state index is 5.91. The van der Waals surface area contributed by atoms with Crippen LogP contribution in [-0.4, -0.2) is 4.98 Å². The Morgan fingerprint density at radius 2 is 2.19 bits per heavy atom. The van der Waals surface area contributed by atoms with E-state index in [9.17, 15) is 0 Å². The molecule has 4 nitrogen and oxygen atoms in total. The number of nitrogens with zero attached hydrogens (tertiary/aromatic N) is 1. The van der Waals surface area contributed by atoms with Gasteiger partial charge in [0.2, 0.25) is 0 Å². The van der Waals surface area contributed by atoms with Crippen molar-refractivity contribution in [3.05, 3.63) is 40.2 Å². The lowest BCUT2D eigenvalue weighted by molar-refractivity contribution is 0.331. The first kappa shape index (κ1) is 11.3. The summed E-state index contributed by atoms with van der Waals surface area (Å²) in [5, 5.41) is 0.946. The molecule has 6 heteroatoms. The highest BCUT2D eigenvalue weighted by Gasteiger charge is 2.08. The molecule has 0 amide bonds. The van der Waals surface area contributed by atoms with Gasteiger partial charge in [-0.25, -0.2) is 0 Å². The molecule has 0 fully saturated rings. The van der Waals surface area contributed by atoms with Crippen LogP contribution in [0.4, 0.5) is 0 Å². The van der Waals surface area contributed by atoms with Crippen LogP contribution in [0.3, 0.4) is 0 Å². The zero-order valence-corrected chi connectivity index (χ0v) is 9.63. The Morgan fingerprint density at radius 3 is 2.88 bits per heavy atom. The summed E-state index contributed by atoms with van der Waals surface area (Å²) in [5.74, 6) is 0.389. The third-order valence-electron chi connectivity index (χ3n) is 1.83. The van der Waals surface area contributed by atoms with Gasteiger partial charge in [0.05, 0.1) is 10.7 Å². The summed E-state index contributed by atoms with van der Waals surface area (Å²) >= 11 is 11.7. The van der Waals surface area contributed by atoms with Crippen LogP contribution in [0.1, 0.15) is 5.69 Å². The summed E-state index contributed by atoms with van der Waals surface area (Å²) < 4.78 is 10.4. The van der Waals surface area contributed by atoms with Crippen molar-refractivity contribution in [1.82, 2.24) is 4.98 Å². The van der Waals surface area contributed by atoms with Crippen LogP contribution in [0, 0.1) is 0 Å². The summed E-state index contributed by atoms with van der Waals surface area (Å²) in [5.41, 5.74) is 5.99. The van der Waals surface area contributed by atoms with Gasteiger partial charge in [0.1, 0.15) is 6.26 Å². The zero-order valence-electron chi connectivity index (χ0n) is 8.11. The van der Waals surface area contributed by atoms with Crippen molar-refractivity contribution in [2.45, 2.75) is 6.54 Å². The van der Waals surface area contributed by atoms with Crippen molar-refractivity contribution >= 4 is 23.2 Å². The Kier molecular flexibility index (Phi) is 3.33. The number of benzene rings is 1. The molecule has 1 aromatic heterocycles. The van der Waals surface area contributed by atoms with E-state index in [1.54, 1.807) is 18.2 Å². The van der Waals surface area contributed by atoms with Gasteiger partial charge < -0.3 is 14.9 Å². The van der Waals surface area contributed by atoms with Crippen LogP contribution in [-0.2, 0) is 6.54 Å². The molecule has 0 aliphatic heterocycles. The van der Waals surface area contributed by atoms with E-state index in [2.05, 4.69) is 4.98 Å². The first-order valence-corrected chi connectivity index (χ1v) is 5.22. The summed E-state index contributed by atoms with van der Waals surface area (Å²) in [7, 11) is 0. The Morgan fingerprint density at radius 1 is 1.38 bits per heavy atom. The minimum atomic E-state index is 0.0876. The first-order chi connectivity index (χ1) is 7.69. The maximum absolute atomic E-state index is 5.91. The molecule has 0 unspecified atom stereocenters. The van der Waals surface area contributed by atoms with E-state index < -0.39 is 0 Å². The Hall–Kier alpha value is -1.23. The SMILES string of the molecule is NCc1coc(Oc2cc(Cl)ccc2Cl)n1. The van der Waals surface area contributed by atoms with E-state index in [0.29, 0.717) is 21.5 Å². The molecule has 0 atom stereocenters. The molecule has 0 aliphatic carbocycles. The van der Waals surface area contributed by atoms with Crippen molar-refractivity contribution < 1.29 is 9.15 Å². The lowest BCUT2D eigenvalue weighted by atomic mass is 10.3. The van der Waals surface area contributed by atoms with Gasteiger partial charge in [0.15, 0.2) is 5.75 Å². The van der Waals surface area contributed by atoms with E-state index >= 15 is 0 Å². The van der Waals surface area contributed by atoms with Gasteiger partial charge in [-0.2, -0.15) is 4.98 Å². The van der Waals surface area contributed by atoms with Crippen molar-refractivity contribution in [1.29, 1.82) is 0 Å². The average molecular weight is 259 g/mol. The third kappa shape index (κ3) is 2.47. The van der Waals surface area contributed by atoms with Crippen molar-refractivity contribution in [2.75, 3.05) is 0 Å². The van der Waals surface area contributed by atoms with Crippen molar-refractivity contribution in [3.8, 4) is 11.8 Å². The van der Waals surface area contributed by atoms with Gasteiger partial charge in [-0.1, -0.05) is 23.2 Å². The summed E-state index contributed by atoms with van der Waals surface area (Å²) in [6, 6.07) is 4.87. The number of hydrogen-bond donors (Lipinski definition) is 1. The highest BCUT2D eigenvalue weighted by molar-refractivity contribution is 6.34. The minimum absolute atomic E-state index is 0.0876. The number of oxazole rings is 1. The molecule has 1 heterocycles. The molecule has 2 N–H and O–H groups in total. The fourth-order valence-electron chi connectivity index (χ4n) is 1.08. The molecule has 0 bridgehead atoms. The Labute approximate surface area is 102 Å². The molecule has 1 aromatic carbocycles. The van der Waals surface area contributed by atoms with E-state index in [1.807, 2.05) is 0 Å². The topological polar surface area (TPSA) is 61.3 Å². The van der Waals surface area contributed by atoms with Crippen LogP contribution in [0.25, 0.3) is 0 Å². The average Bonchev–Trinajstić information content (AvgIpc) is 2.71. The van der Waals surface area contributed by atoms with Crippen LogP contribution < -0.4 is 10.5 Å². The fourth-order valence-corrected chi connectivity index (χ4v) is 1.40. The monoisotopic (exact) mass is 258 g/mol. The molecule has 2 rings (SSSR count). The molecule has 0 aliphatic rings. The molecule has 2 aromatic rings. The summed E-state index contributed by atoms with van der Waals surface area (Å²) in [4.78, 5) is 3.98. The zero-order chi connectivity index (χ0) is 11.5. The van der Waals surface area contributed by atoms with Gasteiger partial charge in [-0.15, -0.1) is 0 Å².